The number of nitrogens with zero attached hydrogens (tertiary/aromatic N) is 1. The van der Waals surface area contributed by atoms with Crippen LogP contribution in [0.4, 0.5) is 5.69 Å². The van der Waals surface area contributed by atoms with Crippen molar-refractivity contribution >= 4 is 29.2 Å². The molecule has 0 aliphatic rings. The summed E-state index contributed by atoms with van der Waals surface area (Å²) < 4.78 is 0. The number of anilines is 1. The second kappa shape index (κ2) is 8.00. The lowest BCUT2D eigenvalue weighted by atomic mass is 10.1. The second-order valence-corrected chi connectivity index (χ2v) is 5.51. The summed E-state index contributed by atoms with van der Waals surface area (Å²) in [4.78, 5) is 24.7. The Kier molecular flexibility index (Phi) is 6.65. The summed E-state index contributed by atoms with van der Waals surface area (Å²) in [6.07, 6.45) is 0. The molecule has 1 atom stereocenters. The van der Waals surface area contributed by atoms with Crippen LogP contribution < -0.4 is 5.32 Å². The fraction of sp³-hybridized carbons (Fsp3) is 0.467. The van der Waals surface area contributed by atoms with E-state index in [1.54, 1.807) is 24.0 Å². The van der Waals surface area contributed by atoms with E-state index < -0.39 is 11.9 Å². The average Bonchev–Trinajstić information content (AvgIpc) is 2.41. The first-order valence-corrected chi connectivity index (χ1v) is 7.22. The standard InChI is InChI=1S/C15H21ClN2O3/c1-4-18(8-11(3)15(20)21)9-14(19)17-13-7-12(16)6-5-10(13)2/h5-7,11H,4,8-9H2,1-3H3,(H,17,19)(H,20,21). The quantitative estimate of drug-likeness (QED) is 0.812. The molecule has 1 amide bonds. The first kappa shape index (κ1) is 17.5. The number of nitrogens with one attached hydrogen (secondary N) is 1. The van der Waals surface area contributed by atoms with E-state index in [-0.39, 0.29) is 12.5 Å². The van der Waals surface area contributed by atoms with Crippen molar-refractivity contribution < 1.29 is 14.7 Å². The third-order valence-corrected chi connectivity index (χ3v) is 3.48. The van der Waals surface area contributed by atoms with Crippen LogP contribution in [0.1, 0.15) is 19.4 Å². The van der Waals surface area contributed by atoms with Crippen LogP contribution in [0.15, 0.2) is 18.2 Å². The molecular formula is C15H21ClN2O3. The van der Waals surface area contributed by atoms with Crippen LogP contribution >= 0.6 is 11.6 Å². The summed E-state index contributed by atoms with van der Waals surface area (Å²) in [5.74, 6) is -1.55. The highest BCUT2D eigenvalue weighted by Gasteiger charge is 2.17. The summed E-state index contributed by atoms with van der Waals surface area (Å²) in [6, 6.07) is 5.30. The van der Waals surface area contributed by atoms with E-state index in [1.807, 2.05) is 19.9 Å². The Hall–Kier alpha value is -1.59. The van der Waals surface area contributed by atoms with E-state index in [2.05, 4.69) is 5.32 Å². The van der Waals surface area contributed by atoms with Gasteiger partial charge in [0.05, 0.1) is 12.5 Å². The minimum Gasteiger partial charge on any atom is -0.481 e. The number of halogens is 1. The van der Waals surface area contributed by atoms with Gasteiger partial charge in [0, 0.05) is 17.3 Å². The van der Waals surface area contributed by atoms with Gasteiger partial charge in [0.15, 0.2) is 0 Å². The van der Waals surface area contributed by atoms with Gasteiger partial charge in [-0.15, -0.1) is 0 Å². The van der Waals surface area contributed by atoms with Gasteiger partial charge in [-0.2, -0.15) is 0 Å². The number of hydrogen-bond donors (Lipinski definition) is 2. The van der Waals surface area contributed by atoms with Gasteiger partial charge in [-0.25, -0.2) is 0 Å². The fourth-order valence-electron chi connectivity index (χ4n) is 1.89. The number of aryl methyl sites for hydroxylation is 1. The van der Waals surface area contributed by atoms with Gasteiger partial charge >= 0.3 is 5.97 Å². The molecule has 0 saturated carbocycles. The summed E-state index contributed by atoms with van der Waals surface area (Å²) in [7, 11) is 0. The first-order valence-electron chi connectivity index (χ1n) is 6.84. The molecule has 0 aliphatic heterocycles. The zero-order valence-electron chi connectivity index (χ0n) is 12.5. The molecule has 0 radical (unpaired) electrons. The van der Waals surface area contributed by atoms with Gasteiger partial charge in [-0.3, -0.25) is 14.5 Å². The molecule has 0 aromatic heterocycles. The number of benzene rings is 1. The molecule has 116 valence electrons. The van der Waals surface area contributed by atoms with Crippen molar-refractivity contribution in [3.8, 4) is 0 Å². The Bertz CT molecular complexity index is 520. The minimum absolute atomic E-state index is 0.153. The van der Waals surface area contributed by atoms with Crippen molar-refractivity contribution in [1.29, 1.82) is 0 Å². The van der Waals surface area contributed by atoms with Crippen molar-refractivity contribution in [2.45, 2.75) is 20.8 Å². The molecule has 0 aliphatic carbocycles. The molecule has 5 nitrogen and oxygen atoms in total. The number of hydrogen-bond acceptors (Lipinski definition) is 3. The maximum Gasteiger partial charge on any atom is 0.307 e. The lowest BCUT2D eigenvalue weighted by molar-refractivity contribution is -0.142. The smallest absolute Gasteiger partial charge is 0.307 e. The lowest BCUT2D eigenvalue weighted by Crippen LogP contribution is -2.37. The van der Waals surface area contributed by atoms with E-state index in [0.717, 1.165) is 5.56 Å². The fourth-order valence-corrected chi connectivity index (χ4v) is 2.06. The van der Waals surface area contributed by atoms with Gasteiger partial charge in [-0.1, -0.05) is 31.5 Å². The number of rotatable bonds is 7. The third-order valence-electron chi connectivity index (χ3n) is 3.24. The lowest BCUT2D eigenvalue weighted by Gasteiger charge is -2.22. The molecule has 0 heterocycles. The molecular weight excluding hydrogens is 292 g/mol. The van der Waals surface area contributed by atoms with Crippen molar-refractivity contribution in [3.63, 3.8) is 0 Å². The normalized spacial score (nSPS) is 12.2. The Labute approximate surface area is 129 Å². The minimum atomic E-state index is -0.862. The Morgan fingerprint density at radius 1 is 1.43 bits per heavy atom. The van der Waals surface area contributed by atoms with Crippen LogP contribution in [0.5, 0.6) is 0 Å². The van der Waals surface area contributed by atoms with Crippen molar-refractivity contribution in [3.05, 3.63) is 28.8 Å². The van der Waals surface area contributed by atoms with Crippen LogP contribution in [0.25, 0.3) is 0 Å². The second-order valence-electron chi connectivity index (χ2n) is 5.07. The van der Waals surface area contributed by atoms with Crippen molar-refractivity contribution in [1.82, 2.24) is 4.90 Å². The van der Waals surface area contributed by atoms with E-state index >= 15 is 0 Å². The van der Waals surface area contributed by atoms with E-state index in [9.17, 15) is 9.59 Å². The van der Waals surface area contributed by atoms with Gasteiger partial charge in [0.1, 0.15) is 0 Å². The summed E-state index contributed by atoms with van der Waals surface area (Å²) in [5, 5.41) is 12.3. The first-order chi connectivity index (χ1) is 9.83. The van der Waals surface area contributed by atoms with E-state index in [0.29, 0.717) is 23.8 Å². The van der Waals surface area contributed by atoms with Crippen LogP contribution in [-0.2, 0) is 9.59 Å². The van der Waals surface area contributed by atoms with Crippen molar-refractivity contribution in [2.75, 3.05) is 25.0 Å². The Morgan fingerprint density at radius 2 is 2.10 bits per heavy atom. The number of carboxylic acids is 1. The van der Waals surface area contributed by atoms with Crippen LogP contribution in [0, 0.1) is 12.8 Å². The van der Waals surface area contributed by atoms with Gasteiger partial charge in [-0.05, 0) is 31.2 Å². The zero-order chi connectivity index (χ0) is 16.0. The van der Waals surface area contributed by atoms with Gasteiger partial charge in [0.25, 0.3) is 0 Å². The average molecular weight is 313 g/mol. The molecule has 2 N–H and O–H groups in total. The Balaban J connectivity index is 2.62. The summed E-state index contributed by atoms with van der Waals surface area (Å²) in [6.45, 7) is 6.51. The predicted octanol–water partition coefficient (Wildman–Crippen LogP) is 2.63. The summed E-state index contributed by atoms with van der Waals surface area (Å²) in [5.41, 5.74) is 1.60. The largest absolute Gasteiger partial charge is 0.481 e. The number of amides is 1. The number of carboxylic acid groups (broad SMARTS) is 1. The molecule has 1 unspecified atom stereocenters. The SMILES string of the molecule is CCN(CC(=O)Nc1cc(Cl)ccc1C)CC(C)C(=O)O. The van der Waals surface area contributed by atoms with Crippen LogP contribution in [0.2, 0.25) is 5.02 Å². The molecule has 0 bridgehead atoms. The van der Waals surface area contributed by atoms with Crippen molar-refractivity contribution in [2.24, 2.45) is 5.92 Å². The third kappa shape index (κ3) is 5.73. The molecule has 21 heavy (non-hydrogen) atoms. The molecule has 1 aromatic rings. The highest BCUT2D eigenvalue weighted by atomic mass is 35.5. The number of aliphatic carboxylic acids is 1. The predicted molar refractivity (Wildman–Crippen MR) is 83.7 cm³/mol. The maximum absolute atomic E-state index is 12.1. The molecule has 6 heteroatoms. The Morgan fingerprint density at radius 3 is 2.67 bits per heavy atom. The molecule has 1 rings (SSSR count). The highest BCUT2D eigenvalue weighted by molar-refractivity contribution is 6.31. The molecule has 1 aromatic carbocycles. The highest BCUT2D eigenvalue weighted by Crippen LogP contribution is 2.20. The van der Waals surface area contributed by atoms with Gasteiger partial charge < -0.3 is 10.4 Å². The topological polar surface area (TPSA) is 69.6 Å². The number of likely N-dealkylation sites (N-methyl/N-ethyl adjacent to an activating group) is 1. The maximum atomic E-state index is 12.1. The van der Waals surface area contributed by atoms with E-state index in [1.165, 1.54) is 0 Å². The zero-order valence-corrected chi connectivity index (χ0v) is 13.3. The van der Waals surface area contributed by atoms with E-state index in [4.69, 9.17) is 16.7 Å². The summed E-state index contributed by atoms with van der Waals surface area (Å²) >= 11 is 5.91. The molecule has 0 spiro atoms. The van der Waals surface area contributed by atoms with Crippen LogP contribution in [0.3, 0.4) is 0 Å². The number of carbonyl (C=O) groups is 2. The molecule has 0 fully saturated rings. The van der Waals surface area contributed by atoms with Gasteiger partial charge in [0.2, 0.25) is 5.91 Å². The monoisotopic (exact) mass is 312 g/mol. The van der Waals surface area contributed by atoms with Crippen LogP contribution in [-0.4, -0.2) is 41.5 Å². The number of carbonyl (C=O) groups excluding carboxylic acids is 1. The molecule has 0 saturated heterocycles.